The Morgan fingerprint density at radius 2 is 1.80 bits per heavy atom. The molecule has 1 rings (SSSR count). The van der Waals surface area contributed by atoms with Crippen LogP contribution in [-0.2, 0) is 0 Å². The minimum absolute atomic E-state index is 0.260. The molecule has 0 fully saturated rings. The molecule has 0 heterocycles. The molecular weight excluding hydrogens is 203 g/mol. The first-order valence-corrected chi connectivity index (χ1v) is 4.39. The van der Waals surface area contributed by atoms with Crippen molar-refractivity contribution < 1.29 is 13.2 Å². The first kappa shape index (κ1) is 11.6. The van der Waals surface area contributed by atoms with Crippen molar-refractivity contribution in [3.05, 3.63) is 35.1 Å². The molecule has 0 spiro atoms. The predicted molar refractivity (Wildman–Crippen MR) is 51.3 cm³/mol. The second-order valence-electron chi connectivity index (χ2n) is 3.13. The summed E-state index contributed by atoms with van der Waals surface area (Å²) >= 11 is 0. The van der Waals surface area contributed by atoms with Gasteiger partial charge in [-0.05, 0) is 6.42 Å². The summed E-state index contributed by atoms with van der Waals surface area (Å²) in [6, 6.07) is 0.365. The largest absolute Gasteiger partial charge is 0.324 e. The van der Waals surface area contributed by atoms with Crippen LogP contribution in [0, 0.1) is 29.8 Å². The van der Waals surface area contributed by atoms with Gasteiger partial charge < -0.3 is 5.73 Å². The molecule has 15 heavy (non-hydrogen) atoms. The molecule has 0 aliphatic carbocycles. The molecule has 1 aromatic carbocycles. The van der Waals surface area contributed by atoms with Crippen LogP contribution in [0.25, 0.3) is 0 Å². The fourth-order valence-electron chi connectivity index (χ4n) is 1.29. The molecule has 0 saturated heterocycles. The van der Waals surface area contributed by atoms with Crippen LogP contribution in [0.3, 0.4) is 0 Å². The van der Waals surface area contributed by atoms with Gasteiger partial charge in [-0.1, -0.05) is 0 Å². The Balaban J connectivity index is 2.99. The van der Waals surface area contributed by atoms with Gasteiger partial charge in [-0.2, -0.15) is 0 Å². The smallest absolute Gasteiger partial charge is 0.133 e. The zero-order valence-corrected chi connectivity index (χ0v) is 7.93. The van der Waals surface area contributed by atoms with Crippen molar-refractivity contribution in [3.8, 4) is 12.3 Å². The van der Waals surface area contributed by atoms with Crippen molar-refractivity contribution in [2.75, 3.05) is 0 Å². The summed E-state index contributed by atoms with van der Waals surface area (Å²) in [5.74, 6) is -0.591. The Bertz CT molecular complexity index is 372. The monoisotopic (exact) mass is 213 g/mol. The number of hydrogen-bond acceptors (Lipinski definition) is 1. The molecule has 1 aromatic rings. The minimum Gasteiger partial charge on any atom is -0.324 e. The van der Waals surface area contributed by atoms with E-state index >= 15 is 0 Å². The predicted octanol–water partition coefficient (Wildman–Crippen LogP) is 2.52. The number of terminal acetylenes is 1. The number of hydrogen-bond donors (Lipinski definition) is 1. The molecular formula is C11H10F3N. The average molecular weight is 213 g/mol. The van der Waals surface area contributed by atoms with Crippen molar-refractivity contribution >= 4 is 0 Å². The quantitative estimate of drug-likeness (QED) is 0.767. The first-order valence-electron chi connectivity index (χ1n) is 4.39. The molecule has 1 unspecified atom stereocenters. The summed E-state index contributed by atoms with van der Waals surface area (Å²) in [6.45, 7) is 0. The van der Waals surface area contributed by atoms with Crippen LogP contribution in [0.2, 0.25) is 0 Å². The highest BCUT2D eigenvalue weighted by atomic mass is 19.1. The van der Waals surface area contributed by atoms with Crippen LogP contribution in [-0.4, -0.2) is 0 Å². The third-order valence-corrected chi connectivity index (χ3v) is 2.01. The molecule has 0 amide bonds. The Kier molecular flexibility index (Phi) is 3.75. The van der Waals surface area contributed by atoms with E-state index in [-0.39, 0.29) is 12.0 Å². The molecule has 0 bridgehead atoms. The maximum atomic E-state index is 13.2. The lowest BCUT2D eigenvalue weighted by atomic mass is 10.0. The topological polar surface area (TPSA) is 26.0 Å². The van der Waals surface area contributed by atoms with E-state index in [0.29, 0.717) is 18.6 Å². The maximum absolute atomic E-state index is 13.2. The van der Waals surface area contributed by atoms with Crippen molar-refractivity contribution in [1.82, 2.24) is 0 Å². The molecule has 80 valence electrons. The number of halogens is 3. The van der Waals surface area contributed by atoms with Crippen LogP contribution in [0.5, 0.6) is 0 Å². The zero-order chi connectivity index (χ0) is 11.4. The van der Waals surface area contributed by atoms with E-state index in [2.05, 4.69) is 5.92 Å². The lowest BCUT2D eigenvalue weighted by molar-refractivity contribution is 0.495. The highest BCUT2D eigenvalue weighted by molar-refractivity contribution is 5.24. The SMILES string of the molecule is C#CCCC(N)c1c(F)cc(F)cc1F. The highest BCUT2D eigenvalue weighted by Crippen LogP contribution is 2.23. The van der Waals surface area contributed by atoms with Crippen LogP contribution < -0.4 is 5.73 Å². The molecule has 2 N–H and O–H groups in total. The Labute approximate surface area is 86.1 Å². The Hall–Kier alpha value is -1.47. The average Bonchev–Trinajstić information content (AvgIpc) is 2.12. The molecule has 0 aromatic heterocycles. The Morgan fingerprint density at radius 1 is 1.27 bits per heavy atom. The van der Waals surface area contributed by atoms with Crippen LogP contribution in [0.4, 0.5) is 13.2 Å². The van der Waals surface area contributed by atoms with Gasteiger partial charge in [0.15, 0.2) is 0 Å². The normalized spacial score (nSPS) is 12.2. The molecule has 1 atom stereocenters. The summed E-state index contributed by atoms with van der Waals surface area (Å²) in [5.41, 5.74) is 5.22. The maximum Gasteiger partial charge on any atom is 0.133 e. The lowest BCUT2D eigenvalue weighted by Crippen LogP contribution is -2.14. The van der Waals surface area contributed by atoms with Gasteiger partial charge in [-0.3, -0.25) is 0 Å². The van der Waals surface area contributed by atoms with E-state index in [1.807, 2.05) is 0 Å². The molecule has 0 saturated carbocycles. The molecule has 1 nitrogen and oxygen atoms in total. The number of nitrogens with two attached hydrogens (primary N) is 1. The van der Waals surface area contributed by atoms with Gasteiger partial charge in [-0.25, -0.2) is 13.2 Å². The second-order valence-corrected chi connectivity index (χ2v) is 3.13. The molecule has 0 radical (unpaired) electrons. The second kappa shape index (κ2) is 4.85. The molecule has 0 aliphatic heterocycles. The van der Waals surface area contributed by atoms with Crippen LogP contribution in [0.1, 0.15) is 24.4 Å². The van der Waals surface area contributed by atoms with Gasteiger partial charge in [-0.15, -0.1) is 12.3 Å². The van der Waals surface area contributed by atoms with Crippen LogP contribution >= 0.6 is 0 Å². The van der Waals surface area contributed by atoms with Gasteiger partial charge in [0.1, 0.15) is 17.5 Å². The fraction of sp³-hybridized carbons (Fsp3) is 0.273. The van der Waals surface area contributed by atoms with Gasteiger partial charge in [0.2, 0.25) is 0 Å². The lowest BCUT2D eigenvalue weighted by Gasteiger charge is -2.12. The van der Waals surface area contributed by atoms with E-state index < -0.39 is 23.5 Å². The van der Waals surface area contributed by atoms with Gasteiger partial charge in [0.25, 0.3) is 0 Å². The summed E-state index contributed by atoms with van der Waals surface area (Å²) < 4.78 is 38.9. The van der Waals surface area contributed by atoms with Gasteiger partial charge in [0.05, 0.1) is 0 Å². The Morgan fingerprint density at radius 3 is 2.27 bits per heavy atom. The van der Waals surface area contributed by atoms with Crippen molar-refractivity contribution in [2.24, 2.45) is 5.73 Å². The summed E-state index contributed by atoms with van der Waals surface area (Å²) in [6.07, 6.45) is 5.58. The van der Waals surface area contributed by atoms with E-state index in [4.69, 9.17) is 12.2 Å². The summed E-state index contributed by atoms with van der Waals surface area (Å²) in [4.78, 5) is 0. The third kappa shape index (κ3) is 2.74. The number of benzene rings is 1. The standard InChI is InChI=1S/C11H10F3N/c1-2-3-4-10(15)11-8(13)5-7(12)6-9(11)14/h1,5-6,10H,3-4,15H2. The van der Waals surface area contributed by atoms with E-state index in [1.165, 1.54) is 0 Å². The first-order chi connectivity index (χ1) is 7.06. The van der Waals surface area contributed by atoms with Crippen molar-refractivity contribution in [1.29, 1.82) is 0 Å². The number of rotatable bonds is 3. The minimum atomic E-state index is -0.975. The summed E-state index contributed by atoms with van der Waals surface area (Å²) in [7, 11) is 0. The van der Waals surface area contributed by atoms with Crippen LogP contribution in [0.15, 0.2) is 12.1 Å². The highest BCUT2D eigenvalue weighted by Gasteiger charge is 2.17. The van der Waals surface area contributed by atoms with Crippen molar-refractivity contribution in [3.63, 3.8) is 0 Å². The molecule has 4 heteroatoms. The summed E-state index contributed by atoms with van der Waals surface area (Å²) in [5, 5.41) is 0. The van der Waals surface area contributed by atoms with Gasteiger partial charge in [0, 0.05) is 30.2 Å². The third-order valence-electron chi connectivity index (χ3n) is 2.01. The fourth-order valence-corrected chi connectivity index (χ4v) is 1.29. The van der Waals surface area contributed by atoms with E-state index in [1.54, 1.807) is 0 Å². The molecule has 0 aliphatic rings. The van der Waals surface area contributed by atoms with E-state index in [9.17, 15) is 13.2 Å². The zero-order valence-electron chi connectivity index (χ0n) is 7.93. The van der Waals surface area contributed by atoms with Crippen molar-refractivity contribution in [2.45, 2.75) is 18.9 Å². The van der Waals surface area contributed by atoms with E-state index in [0.717, 1.165) is 0 Å². The van der Waals surface area contributed by atoms with Gasteiger partial charge >= 0.3 is 0 Å².